The van der Waals surface area contributed by atoms with Crippen LogP contribution in [0.5, 0.6) is 5.75 Å². The molecule has 2 aromatic carbocycles. The smallest absolute Gasteiger partial charge is 0.339 e. The lowest BCUT2D eigenvalue weighted by molar-refractivity contribution is -0.0444. The molecule has 0 saturated heterocycles. The van der Waals surface area contributed by atoms with Crippen LogP contribution in [0.3, 0.4) is 0 Å². The number of thiol groups is 1. The monoisotopic (exact) mass is 320 g/mol. The highest BCUT2D eigenvalue weighted by molar-refractivity contribution is 7.80. The van der Waals surface area contributed by atoms with E-state index in [1.54, 1.807) is 6.07 Å². The summed E-state index contributed by atoms with van der Waals surface area (Å²) in [4.78, 5) is 11.3. The second-order valence-electron chi connectivity index (χ2n) is 4.32. The topological polar surface area (TPSA) is 123 Å². The number of carboxylic acid groups (broad SMARTS) is 1. The molecular formula is C14H12N2O5S. The van der Waals surface area contributed by atoms with Gasteiger partial charge in [0.2, 0.25) is 0 Å². The van der Waals surface area contributed by atoms with Gasteiger partial charge in [0.15, 0.2) is 6.29 Å². The lowest BCUT2D eigenvalue weighted by Gasteiger charge is -2.07. The number of aliphatic hydroxyl groups is 2. The molecule has 2 rings (SSSR count). The molecule has 7 nitrogen and oxygen atoms in total. The lowest BCUT2D eigenvalue weighted by Crippen LogP contribution is -1.96. The number of nitrogens with zero attached hydrogens (tertiary/aromatic N) is 2. The van der Waals surface area contributed by atoms with E-state index in [4.69, 9.17) is 5.11 Å². The van der Waals surface area contributed by atoms with Crippen molar-refractivity contribution in [3.63, 3.8) is 0 Å². The van der Waals surface area contributed by atoms with E-state index in [0.29, 0.717) is 10.6 Å². The lowest BCUT2D eigenvalue weighted by atomic mass is 10.2. The van der Waals surface area contributed by atoms with E-state index in [9.17, 15) is 20.1 Å². The summed E-state index contributed by atoms with van der Waals surface area (Å²) >= 11 is 4.08. The standard InChI is InChI=1S/C14H12N2O5S/c17-11-3-1-7(5-9(11)13(18)19)15-16-8-2-4-12(22)10(6-8)14(20)21/h1-6,14,17,20-22H,(H,18,19). The number of benzene rings is 2. The summed E-state index contributed by atoms with van der Waals surface area (Å²) in [6, 6.07) is 8.28. The Hall–Kier alpha value is -2.42. The number of aromatic carboxylic acids is 1. The van der Waals surface area contributed by atoms with Crippen molar-refractivity contribution >= 4 is 30.0 Å². The fourth-order valence-electron chi connectivity index (χ4n) is 1.68. The number of hydrogen-bond acceptors (Lipinski definition) is 7. The van der Waals surface area contributed by atoms with Gasteiger partial charge in [0.1, 0.15) is 11.3 Å². The van der Waals surface area contributed by atoms with E-state index in [1.165, 1.54) is 30.3 Å². The predicted molar refractivity (Wildman–Crippen MR) is 80.1 cm³/mol. The van der Waals surface area contributed by atoms with Gasteiger partial charge in [-0.15, -0.1) is 12.6 Å². The number of aliphatic hydroxyl groups excluding tert-OH is 1. The Morgan fingerprint density at radius 1 is 1.05 bits per heavy atom. The number of aromatic hydroxyl groups is 1. The summed E-state index contributed by atoms with van der Waals surface area (Å²) in [5.74, 6) is -1.64. The number of carbonyl (C=O) groups is 1. The average Bonchev–Trinajstić information content (AvgIpc) is 2.47. The van der Waals surface area contributed by atoms with E-state index in [-0.39, 0.29) is 22.6 Å². The molecule has 0 heterocycles. The Morgan fingerprint density at radius 2 is 1.64 bits per heavy atom. The average molecular weight is 320 g/mol. The van der Waals surface area contributed by atoms with Gasteiger partial charge in [-0.3, -0.25) is 0 Å². The van der Waals surface area contributed by atoms with Gasteiger partial charge >= 0.3 is 5.97 Å². The van der Waals surface area contributed by atoms with Gasteiger partial charge in [-0.25, -0.2) is 4.79 Å². The van der Waals surface area contributed by atoms with Crippen molar-refractivity contribution in [3.8, 4) is 5.75 Å². The number of rotatable bonds is 4. The van der Waals surface area contributed by atoms with Gasteiger partial charge in [0, 0.05) is 10.5 Å². The van der Waals surface area contributed by atoms with Crippen LogP contribution in [0.1, 0.15) is 22.2 Å². The van der Waals surface area contributed by atoms with Crippen molar-refractivity contribution in [2.45, 2.75) is 11.2 Å². The van der Waals surface area contributed by atoms with E-state index >= 15 is 0 Å². The third kappa shape index (κ3) is 3.61. The summed E-state index contributed by atoms with van der Waals surface area (Å²) in [7, 11) is 0. The maximum atomic E-state index is 10.9. The zero-order valence-electron chi connectivity index (χ0n) is 11.1. The molecule has 0 aromatic heterocycles. The van der Waals surface area contributed by atoms with Gasteiger partial charge in [0.05, 0.1) is 11.4 Å². The van der Waals surface area contributed by atoms with Gasteiger partial charge in [-0.1, -0.05) is 0 Å². The Balaban J connectivity index is 2.31. The zero-order chi connectivity index (χ0) is 16.3. The molecule has 0 amide bonds. The van der Waals surface area contributed by atoms with Crippen LogP contribution in [0.15, 0.2) is 51.5 Å². The molecule has 0 aliphatic heterocycles. The summed E-state index contributed by atoms with van der Waals surface area (Å²) in [5.41, 5.74) is 0.465. The van der Waals surface area contributed by atoms with Crippen LogP contribution in [-0.4, -0.2) is 26.4 Å². The molecule has 0 spiro atoms. The van der Waals surface area contributed by atoms with Crippen LogP contribution in [0, 0.1) is 0 Å². The molecule has 0 atom stereocenters. The van der Waals surface area contributed by atoms with Crippen molar-refractivity contribution in [3.05, 3.63) is 47.5 Å². The minimum atomic E-state index is -1.69. The highest BCUT2D eigenvalue weighted by Gasteiger charge is 2.10. The number of azo groups is 1. The quantitative estimate of drug-likeness (QED) is 0.337. The normalized spacial score (nSPS) is 11.3. The zero-order valence-corrected chi connectivity index (χ0v) is 12.0. The number of carboxylic acids is 1. The fraction of sp³-hybridized carbons (Fsp3) is 0.0714. The predicted octanol–water partition coefficient (Wildman–Crippen LogP) is 2.78. The highest BCUT2D eigenvalue weighted by atomic mass is 32.1. The van der Waals surface area contributed by atoms with E-state index < -0.39 is 12.3 Å². The Kier molecular flexibility index (Phi) is 4.76. The van der Waals surface area contributed by atoms with Crippen LogP contribution in [0.4, 0.5) is 11.4 Å². The van der Waals surface area contributed by atoms with Crippen LogP contribution >= 0.6 is 12.6 Å². The summed E-state index contributed by atoms with van der Waals surface area (Å²) in [6.45, 7) is 0. The molecule has 8 heteroatoms. The van der Waals surface area contributed by atoms with Crippen LogP contribution in [-0.2, 0) is 0 Å². The molecule has 0 bridgehead atoms. The van der Waals surface area contributed by atoms with Crippen molar-refractivity contribution in [2.75, 3.05) is 0 Å². The second kappa shape index (κ2) is 6.56. The molecule has 0 aliphatic carbocycles. The van der Waals surface area contributed by atoms with E-state index in [2.05, 4.69) is 22.9 Å². The van der Waals surface area contributed by atoms with Crippen molar-refractivity contribution in [1.29, 1.82) is 0 Å². The minimum Gasteiger partial charge on any atom is -0.507 e. The number of phenols is 1. The van der Waals surface area contributed by atoms with Crippen molar-refractivity contribution in [2.24, 2.45) is 10.2 Å². The van der Waals surface area contributed by atoms with Crippen LogP contribution in [0.2, 0.25) is 0 Å². The molecule has 114 valence electrons. The fourth-order valence-corrected chi connectivity index (χ4v) is 1.94. The first-order chi connectivity index (χ1) is 10.4. The number of hydrogen-bond donors (Lipinski definition) is 5. The molecule has 4 N–H and O–H groups in total. The molecular weight excluding hydrogens is 308 g/mol. The first-order valence-corrected chi connectivity index (χ1v) is 6.50. The molecule has 22 heavy (non-hydrogen) atoms. The summed E-state index contributed by atoms with van der Waals surface area (Å²) < 4.78 is 0. The van der Waals surface area contributed by atoms with E-state index in [1.807, 2.05) is 0 Å². The van der Waals surface area contributed by atoms with E-state index in [0.717, 1.165) is 0 Å². The molecule has 0 fully saturated rings. The molecule has 0 aliphatic rings. The Labute approximate surface area is 130 Å². The summed E-state index contributed by atoms with van der Waals surface area (Å²) in [6.07, 6.45) is -1.69. The Morgan fingerprint density at radius 3 is 2.23 bits per heavy atom. The second-order valence-corrected chi connectivity index (χ2v) is 4.81. The largest absolute Gasteiger partial charge is 0.507 e. The summed E-state index contributed by atoms with van der Waals surface area (Å²) in [5, 5.41) is 44.4. The first kappa shape index (κ1) is 16.0. The van der Waals surface area contributed by atoms with Crippen LogP contribution < -0.4 is 0 Å². The van der Waals surface area contributed by atoms with Crippen molar-refractivity contribution in [1.82, 2.24) is 0 Å². The molecule has 0 radical (unpaired) electrons. The maximum absolute atomic E-state index is 10.9. The van der Waals surface area contributed by atoms with Gasteiger partial charge in [0.25, 0.3) is 0 Å². The molecule has 0 saturated carbocycles. The third-order valence-corrected chi connectivity index (χ3v) is 3.19. The van der Waals surface area contributed by atoms with Gasteiger partial charge in [-0.05, 0) is 36.4 Å². The minimum absolute atomic E-state index is 0.178. The Bertz CT molecular complexity index is 746. The molecule has 2 aromatic rings. The first-order valence-electron chi connectivity index (χ1n) is 6.05. The third-order valence-electron chi connectivity index (χ3n) is 2.78. The molecule has 0 unspecified atom stereocenters. The maximum Gasteiger partial charge on any atom is 0.339 e. The van der Waals surface area contributed by atoms with Gasteiger partial charge < -0.3 is 20.4 Å². The van der Waals surface area contributed by atoms with Gasteiger partial charge in [-0.2, -0.15) is 10.2 Å². The highest BCUT2D eigenvalue weighted by Crippen LogP contribution is 2.28. The van der Waals surface area contributed by atoms with Crippen molar-refractivity contribution < 1.29 is 25.2 Å². The van der Waals surface area contributed by atoms with Crippen LogP contribution in [0.25, 0.3) is 0 Å². The SMILES string of the molecule is O=C(O)c1cc(N=Nc2ccc(S)c(C(O)O)c2)ccc1O.